The van der Waals surface area contributed by atoms with Gasteiger partial charge in [0, 0.05) is 42.3 Å². The molecule has 1 atom stereocenters. The highest BCUT2D eigenvalue weighted by Crippen LogP contribution is 2.38. The summed E-state index contributed by atoms with van der Waals surface area (Å²) in [6.07, 6.45) is -5.23. The average Bonchev–Trinajstić information content (AvgIpc) is 2.39. The third-order valence-corrected chi connectivity index (χ3v) is 3.86. The fourth-order valence-electron chi connectivity index (χ4n) is 2.44. The molecular weight excluding hydrogens is 373 g/mol. The Morgan fingerprint density at radius 2 is 1.90 bits per heavy atom. The van der Waals surface area contributed by atoms with Gasteiger partial charge in [0.1, 0.15) is 5.75 Å². The number of halogens is 5. The van der Waals surface area contributed by atoms with Gasteiger partial charge in [-0.2, -0.15) is 13.2 Å². The predicted molar refractivity (Wildman–Crippen MR) is 80.9 cm³/mol. The molecule has 0 spiro atoms. The second-order valence-electron chi connectivity index (χ2n) is 4.82. The van der Waals surface area contributed by atoms with E-state index in [9.17, 15) is 18.3 Å². The Morgan fingerprint density at radius 1 is 1.29 bits per heavy atom. The molecule has 0 aromatic heterocycles. The van der Waals surface area contributed by atoms with Crippen LogP contribution < -0.4 is 5.32 Å². The van der Waals surface area contributed by atoms with Gasteiger partial charge in [-0.3, -0.25) is 4.90 Å². The van der Waals surface area contributed by atoms with E-state index in [-0.39, 0.29) is 18.2 Å². The summed E-state index contributed by atoms with van der Waals surface area (Å²) in [5, 5.41) is 13.0. The normalized spacial score (nSPS) is 18.1. The van der Waals surface area contributed by atoms with E-state index in [1.165, 1.54) is 6.07 Å². The molecule has 1 fully saturated rings. The molecule has 120 valence electrons. The zero-order chi connectivity index (χ0) is 14.8. The fraction of sp³-hybridized carbons (Fsp3) is 0.538. The van der Waals surface area contributed by atoms with Crippen molar-refractivity contribution in [1.82, 2.24) is 10.2 Å². The first-order chi connectivity index (χ1) is 9.37. The van der Waals surface area contributed by atoms with Crippen molar-refractivity contribution in [3.63, 3.8) is 0 Å². The average molecular weight is 390 g/mol. The van der Waals surface area contributed by atoms with Crippen LogP contribution in [0.4, 0.5) is 13.2 Å². The van der Waals surface area contributed by atoms with Crippen molar-refractivity contribution in [1.29, 1.82) is 0 Å². The van der Waals surface area contributed by atoms with Gasteiger partial charge in [0.2, 0.25) is 0 Å². The van der Waals surface area contributed by atoms with Crippen LogP contribution in [-0.2, 0) is 0 Å². The van der Waals surface area contributed by atoms with Crippen molar-refractivity contribution in [3.05, 3.63) is 28.2 Å². The summed E-state index contributed by atoms with van der Waals surface area (Å²) in [5.41, 5.74) is 0.318. The van der Waals surface area contributed by atoms with Crippen LogP contribution in [0.25, 0.3) is 0 Å². The number of phenolic OH excluding ortho intramolecular Hbond substituents is 1. The first-order valence-electron chi connectivity index (χ1n) is 6.37. The summed E-state index contributed by atoms with van der Waals surface area (Å²) in [7, 11) is 0. The molecule has 0 bridgehead atoms. The zero-order valence-corrected chi connectivity index (χ0v) is 13.6. The Morgan fingerprint density at radius 3 is 2.48 bits per heavy atom. The summed E-state index contributed by atoms with van der Waals surface area (Å²) in [5.74, 6) is -0.0963. The first-order valence-corrected chi connectivity index (χ1v) is 7.16. The number of nitrogens with zero attached hydrogens (tertiary/aromatic N) is 1. The Kier molecular flexibility index (Phi) is 6.77. The molecule has 1 aromatic carbocycles. The van der Waals surface area contributed by atoms with Crippen LogP contribution in [0.2, 0.25) is 0 Å². The third-order valence-electron chi connectivity index (χ3n) is 3.37. The highest BCUT2D eigenvalue weighted by Gasteiger charge is 2.37. The molecule has 0 amide bonds. The van der Waals surface area contributed by atoms with E-state index in [2.05, 4.69) is 21.2 Å². The van der Waals surface area contributed by atoms with Gasteiger partial charge in [-0.15, -0.1) is 12.4 Å². The van der Waals surface area contributed by atoms with E-state index in [0.717, 1.165) is 0 Å². The lowest BCUT2D eigenvalue weighted by molar-refractivity contribution is -0.148. The van der Waals surface area contributed by atoms with E-state index in [0.29, 0.717) is 36.2 Å². The summed E-state index contributed by atoms with van der Waals surface area (Å²) >= 11 is 3.25. The number of aromatic hydroxyl groups is 1. The number of benzene rings is 1. The molecule has 8 heteroatoms. The van der Waals surface area contributed by atoms with Crippen molar-refractivity contribution in [3.8, 4) is 5.75 Å². The molecule has 1 aliphatic rings. The van der Waals surface area contributed by atoms with Gasteiger partial charge in [-0.1, -0.05) is 15.9 Å². The van der Waals surface area contributed by atoms with Crippen LogP contribution in [-0.4, -0.2) is 42.4 Å². The largest absolute Gasteiger partial charge is 0.508 e. The second kappa shape index (κ2) is 7.67. The summed E-state index contributed by atoms with van der Waals surface area (Å²) in [6, 6.07) is 3.75. The third kappa shape index (κ3) is 5.32. The molecule has 0 aliphatic carbocycles. The van der Waals surface area contributed by atoms with Gasteiger partial charge < -0.3 is 10.4 Å². The summed E-state index contributed by atoms with van der Waals surface area (Å²) in [4.78, 5) is 1.77. The molecule has 1 aliphatic heterocycles. The first kappa shape index (κ1) is 18.5. The second-order valence-corrected chi connectivity index (χ2v) is 5.74. The zero-order valence-electron chi connectivity index (χ0n) is 11.2. The van der Waals surface area contributed by atoms with Crippen LogP contribution in [0, 0.1) is 0 Å². The molecular formula is C13H17BrClF3N2O. The molecule has 0 saturated carbocycles. The van der Waals surface area contributed by atoms with E-state index >= 15 is 0 Å². The van der Waals surface area contributed by atoms with Crippen molar-refractivity contribution >= 4 is 28.3 Å². The van der Waals surface area contributed by atoms with E-state index < -0.39 is 18.6 Å². The lowest BCUT2D eigenvalue weighted by Crippen LogP contribution is -2.46. The number of phenols is 1. The molecule has 3 nitrogen and oxygen atoms in total. The lowest BCUT2D eigenvalue weighted by atomic mass is 10.00. The number of alkyl halides is 3. The van der Waals surface area contributed by atoms with Crippen molar-refractivity contribution < 1.29 is 18.3 Å². The summed E-state index contributed by atoms with van der Waals surface area (Å²) < 4.78 is 39.2. The van der Waals surface area contributed by atoms with Gasteiger partial charge in [0.25, 0.3) is 0 Å². The molecule has 1 saturated heterocycles. The Labute approximate surface area is 136 Å². The Bertz CT molecular complexity index is 467. The minimum absolute atomic E-state index is 0. The van der Waals surface area contributed by atoms with E-state index in [1.54, 1.807) is 17.0 Å². The van der Waals surface area contributed by atoms with Crippen molar-refractivity contribution in [2.24, 2.45) is 0 Å². The topological polar surface area (TPSA) is 35.5 Å². The molecule has 2 rings (SSSR count). The van der Waals surface area contributed by atoms with Gasteiger partial charge in [-0.05, 0) is 18.2 Å². The van der Waals surface area contributed by atoms with Gasteiger partial charge in [-0.25, -0.2) is 0 Å². The fourth-order valence-corrected chi connectivity index (χ4v) is 2.82. The van der Waals surface area contributed by atoms with Crippen LogP contribution in [0.1, 0.15) is 18.0 Å². The van der Waals surface area contributed by atoms with Crippen molar-refractivity contribution in [2.45, 2.75) is 18.6 Å². The number of piperazine rings is 1. The minimum Gasteiger partial charge on any atom is -0.508 e. The Balaban J connectivity index is 0.00000220. The van der Waals surface area contributed by atoms with Crippen LogP contribution in [0.3, 0.4) is 0 Å². The molecule has 21 heavy (non-hydrogen) atoms. The summed E-state index contributed by atoms with van der Waals surface area (Å²) in [6.45, 7) is 2.38. The van der Waals surface area contributed by atoms with Crippen LogP contribution >= 0.6 is 28.3 Å². The maximum atomic E-state index is 12.8. The standard InChI is InChI=1S/C13H16BrF3N2O.ClH/c14-9-1-2-12(20)10(7-9)11(8-13(15,16)17)19-5-3-18-4-6-19;/h1-2,7,11,18,20H,3-6,8H2;1H/t11-;/m1./s1. The van der Waals surface area contributed by atoms with Gasteiger partial charge >= 0.3 is 6.18 Å². The Hall–Kier alpha value is -0.500. The molecule has 0 radical (unpaired) electrons. The van der Waals surface area contributed by atoms with E-state index in [4.69, 9.17) is 0 Å². The maximum Gasteiger partial charge on any atom is 0.390 e. The smallest absolute Gasteiger partial charge is 0.390 e. The number of hydrogen-bond donors (Lipinski definition) is 2. The highest BCUT2D eigenvalue weighted by atomic mass is 79.9. The van der Waals surface area contributed by atoms with Crippen LogP contribution in [0.15, 0.2) is 22.7 Å². The number of hydrogen-bond acceptors (Lipinski definition) is 3. The quantitative estimate of drug-likeness (QED) is 0.831. The van der Waals surface area contributed by atoms with Crippen LogP contribution in [0.5, 0.6) is 5.75 Å². The minimum atomic E-state index is -4.27. The van der Waals surface area contributed by atoms with Gasteiger partial charge in [0.05, 0.1) is 6.42 Å². The van der Waals surface area contributed by atoms with Crippen molar-refractivity contribution in [2.75, 3.05) is 26.2 Å². The highest BCUT2D eigenvalue weighted by molar-refractivity contribution is 9.10. The molecule has 0 unspecified atom stereocenters. The van der Waals surface area contributed by atoms with E-state index in [1.807, 2.05) is 0 Å². The van der Waals surface area contributed by atoms with Gasteiger partial charge in [0.15, 0.2) is 0 Å². The molecule has 2 N–H and O–H groups in total. The molecule has 1 heterocycles. The SMILES string of the molecule is Cl.Oc1ccc(Br)cc1[C@@H](CC(F)(F)F)N1CCNCC1. The predicted octanol–water partition coefficient (Wildman–Crippen LogP) is 3.48. The number of nitrogens with one attached hydrogen (secondary N) is 1. The lowest BCUT2D eigenvalue weighted by Gasteiger charge is -2.36. The maximum absolute atomic E-state index is 12.8. The monoisotopic (exact) mass is 388 g/mol. The molecule has 1 aromatic rings. The number of rotatable bonds is 3.